The maximum absolute atomic E-state index is 11.9. The maximum Gasteiger partial charge on any atom is 0.321 e. The molecule has 6 nitrogen and oxygen atoms in total. The topological polar surface area (TPSA) is 74.6 Å². The lowest BCUT2D eigenvalue weighted by Crippen LogP contribution is -2.44. The summed E-state index contributed by atoms with van der Waals surface area (Å²) < 4.78 is 5.81. The SMILES string of the molecule is CCN(CC(=O)NC(=O)NCc1ccco1)Cc1ccc(Cl)s1. The predicted molar refractivity (Wildman–Crippen MR) is 89.4 cm³/mol. The fraction of sp³-hybridized carbons (Fsp3) is 0.333. The van der Waals surface area contributed by atoms with Gasteiger partial charge in [-0.1, -0.05) is 18.5 Å². The molecule has 124 valence electrons. The summed E-state index contributed by atoms with van der Waals surface area (Å²) in [7, 11) is 0. The number of halogens is 1. The zero-order valence-corrected chi connectivity index (χ0v) is 14.2. The van der Waals surface area contributed by atoms with E-state index in [1.807, 2.05) is 24.0 Å². The van der Waals surface area contributed by atoms with Gasteiger partial charge in [0.25, 0.3) is 0 Å². The number of hydrogen-bond acceptors (Lipinski definition) is 5. The van der Waals surface area contributed by atoms with E-state index in [-0.39, 0.29) is 19.0 Å². The lowest BCUT2D eigenvalue weighted by atomic mass is 10.4. The summed E-state index contributed by atoms with van der Waals surface area (Å²) in [4.78, 5) is 26.6. The van der Waals surface area contributed by atoms with Gasteiger partial charge in [-0.15, -0.1) is 11.3 Å². The fourth-order valence-electron chi connectivity index (χ4n) is 1.93. The van der Waals surface area contributed by atoms with E-state index in [0.29, 0.717) is 18.8 Å². The molecular formula is C15H18ClN3O3S. The zero-order chi connectivity index (χ0) is 16.7. The second-order valence-electron chi connectivity index (χ2n) is 4.82. The van der Waals surface area contributed by atoms with Gasteiger partial charge in [0.2, 0.25) is 5.91 Å². The summed E-state index contributed by atoms with van der Waals surface area (Å²) in [6, 6.07) is 6.70. The molecule has 2 N–H and O–H groups in total. The molecule has 0 aliphatic rings. The summed E-state index contributed by atoms with van der Waals surface area (Å²) in [6.45, 7) is 3.64. The molecule has 0 aromatic carbocycles. The molecule has 2 aromatic heterocycles. The molecular weight excluding hydrogens is 338 g/mol. The highest BCUT2D eigenvalue weighted by molar-refractivity contribution is 7.16. The van der Waals surface area contributed by atoms with Gasteiger partial charge >= 0.3 is 6.03 Å². The highest BCUT2D eigenvalue weighted by Crippen LogP contribution is 2.22. The van der Waals surface area contributed by atoms with E-state index in [2.05, 4.69) is 10.6 Å². The van der Waals surface area contributed by atoms with Crippen LogP contribution in [-0.4, -0.2) is 29.9 Å². The summed E-state index contributed by atoms with van der Waals surface area (Å²) in [6.07, 6.45) is 1.52. The van der Waals surface area contributed by atoms with Crippen LogP contribution in [0.3, 0.4) is 0 Å². The number of likely N-dealkylation sites (N-methyl/N-ethyl adjacent to an activating group) is 1. The van der Waals surface area contributed by atoms with Gasteiger partial charge in [0, 0.05) is 11.4 Å². The zero-order valence-electron chi connectivity index (χ0n) is 12.7. The van der Waals surface area contributed by atoms with Gasteiger partial charge in [-0.05, 0) is 30.8 Å². The summed E-state index contributed by atoms with van der Waals surface area (Å²) in [5, 5.41) is 4.86. The largest absolute Gasteiger partial charge is 0.467 e. The first-order valence-corrected chi connectivity index (χ1v) is 8.33. The van der Waals surface area contributed by atoms with E-state index in [0.717, 1.165) is 9.21 Å². The predicted octanol–water partition coefficient (Wildman–Crippen LogP) is 2.84. The van der Waals surface area contributed by atoms with Crippen molar-refractivity contribution in [3.63, 3.8) is 0 Å². The van der Waals surface area contributed by atoms with Gasteiger partial charge in [-0.3, -0.25) is 15.0 Å². The van der Waals surface area contributed by atoms with Crippen LogP contribution in [0.25, 0.3) is 0 Å². The van der Waals surface area contributed by atoms with E-state index in [9.17, 15) is 9.59 Å². The van der Waals surface area contributed by atoms with Gasteiger partial charge in [-0.2, -0.15) is 0 Å². The number of carbonyl (C=O) groups is 2. The van der Waals surface area contributed by atoms with Gasteiger partial charge in [0.15, 0.2) is 0 Å². The molecule has 0 unspecified atom stereocenters. The average molecular weight is 356 g/mol. The van der Waals surface area contributed by atoms with Crippen LogP contribution in [0.15, 0.2) is 34.9 Å². The normalized spacial score (nSPS) is 10.7. The molecule has 0 spiro atoms. The molecule has 2 rings (SSSR count). The molecule has 0 bridgehead atoms. The quantitative estimate of drug-likeness (QED) is 0.800. The first-order valence-electron chi connectivity index (χ1n) is 7.13. The number of urea groups is 1. The summed E-state index contributed by atoms with van der Waals surface area (Å²) in [5.41, 5.74) is 0. The minimum Gasteiger partial charge on any atom is -0.467 e. The van der Waals surface area contributed by atoms with Crippen LogP contribution >= 0.6 is 22.9 Å². The molecule has 0 fully saturated rings. The van der Waals surface area contributed by atoms with Crippen molar-refractivity contribution < 1.29 is 14.0 Å². The van der Waals surface area contributed by atoms with Crippen molar-refractivity contribution in [3.8, 4) is 0 Å². The molecule has 0 saturated carbocycles. The Balaban J connectivity index is 1.74. The molecule has 0 saturated heterocycles. The van der Waals surface area contributed by atoms with Crippen LogP contribution in [-0.2, 0) is 17.9 Å². The van der Waals surface area contributed by atoms with Gasteiger partial charge in [0.05, 0.1) is 23.7 Å². The Bertz CT molecular complexity index is 642. The highest BCUT2D eigenvalue weighted by Gasteiger charge is 2.13. The Morgan fingerprint density at radius 3 is 2.78 bits per heavy atom. The molecule has 2 aromatic rings. The van der Waals surface area contributed by atoms with Crippen molar-refractivity contribution in [2.24, 2.45) is 0 Å². The first kappa shape index (κ1) is 17.5. The standard InChI is InChI=1S/C15H18ClN3O3S/c1-2-19(9-12-5-6-13(16)23-12)10-14(20)18-15(21)17-8-11-4-3-7-22-11/h3-7H,2,8-10H2,1H3,(H2,17,18,20,21). The second kappa shape index (κ2) is 8.71. The van der Waals surface area contributed by atoms with Crippen molar-refractivity contribution in [3.05, 3.63) is 45.5 Å². The molecule has 0 radical (unpaired) electrons. The van der Waals surface area contributed by atoms with Crippen molar-refractivity contribution in [1.82, 2.24) is 15.5 Å². The van der Waals surface area contributed by atoms with Gasteiger partial charge in [0.1, 0.15) is 5.76 Å². The molecule has 23 heavy (non-hydrogen) atoms. The minimum atomic E-state index is -0.540. The van der Waals surface area contributed by atoms with E-state index >= 15 is 0 Å². The molecule has 3 amide bonds. The number of imide groups is 1. The van der Waals surface area contributed by atoms with Crippen LogP contribution in [0.4, 0.5) is 4.79 Å². The lowest BCUT2D eigenvalue weighted by molar-refractivity contribution is -0.121. The van der Waals surface area contributed by atoms with Gasteiger partial charge < -0.3 is 9.73 Å². The smallest absolute Gasteiger partial charge is 0.321 e. The van der Waals surface area contributed by atoms with Crippen molar-refractivity contribution >= 4 is 34.9 Å². The minimum absolute atomic E-state index is 0.139. The van der Waals surface area contributed by atoms with Crippen LogP contribution in [0.5, 0.6) is 0 Å². The molecule has 0 aliphatic carbocycles. The Kier molecular flexibility index (Phi) is 6.64. The second-order valence-corrected chi connectivity index (χ2v) is 6.62. The molecule has 0 aliphatic heterocycles. The van der Waals surface area contributed by atoms with Crippen molar-refractivity contribution in [1.29, 1.82) is 0 Å². The fourth-order valence-corrected chi connectivity index (χ4v) is 3.06. The number of nitrogens with zero attached hydrogens (tertiary/aromatic N) is 1. The monoisotopic (exact) mass is 355 g/mol. The van der Waals surface area contributed by atoms with Gasteiger partial charge in [-0.25, -0.2) is 4.79 Å². The number of carbonyl (C=O) groups excluding carboxylic acids is 2. The van der Waals surface area contributed by atoms with Crippen molar-refractivity contribution in [2.75, 3.05) is 13.1 Å². The van der Waals surface area contributed by atoms with E-state index in [1.165, 1.54) is 17.6 Å². The Labute approximate surface area is 143 Å². The third-order valence-electron chi connectivity index (χ3n) is 3.08. The third kappa shape index (κ3) is 6.05. The number of thiophene rings is 1. The Morgan fingerprint density at radius 1 is 1.35 bits per heavy atom. The van der Waals surface area contributed by atoms with Crippen LogP contribution in [0.1, 0.15) is 17.6 Å². The Morgan fingerprint density at radius 2 is 2.17 bits per heavy atom. The van der Waals surface area contributed by atoms with Crippen LogP contribution in [0.2, 0.25) is 4.34 Å². The van der Waals surface area contributed by atoms with Crippen molar-refractivity contribution in [2.45, 2.75) is 20.0 Å². The number of rotatable bonds is 7. The van der Waals surface area contributed by atoms with Crippen LogP contribution in [0, 0.1) is 0 Å². The number of nitrogens with one attached hydrogen (secondary N) is 2. The Hall–Kier alpha value is -1.83. The van der Waals surface area contributed by atoms with Crippen LogP contribution < -0.4 is 10.6 Å². The molecule has 8 heteroatoms. The summed E-state index contributed by atoms with van der Waals surface area (Å²) in [5.74, 6) is 0.267. The number of amides is 3. The third-order valence-corrected chi connectivity index (χ3v) is 4.29. The number of hydrogen-bond donors (Lipinski definition) is 2. The summed E-state index contributed by atoms with van der Waals surface area (Å²) >= 11 is 7.38. The maximum atomic E-state index is 11.9. The lowest BCUT2D eigenvalue weighted by Gasteiger charge is -2.18. The average Bonchev–Trinajstić information content (AvgIpc) is 3.16. The first-order chi connectivity index (χ1) is 11.1. The van der Waals surface area contributed by atoms with E-state index < -0.39 is 6.03 Å². The van der Waals surface area contributed by atoms with E-state index in [4.69, 9.17) is 16.0 Å². The number of furan rings is 1. The molecule has 2 heterocycles. The van der Waals surface area contributed by atoms with E-state index in [1.54, 1.807) is 12.1 Å². The highest BCUT2D eigenvalue weighted by atomic mass is 35.5. The molecule has 0 atom stereocenters.